The predicted molar refractivity (Wildman–Crippen MR) is 132 cm³/mol. The molecule has 1 aliphatic rings. The number of nitriles is 2. The van der Waals surface area contributed by atoms with Crippen molar-refractivity contribution < 1.29 is 4.74 Å². The summed E-state index contributed by atoms with van der Waals surface area (Å²) >= 11 is 6.43. The molecule has 9 heteroatoms. The number of rotatable bonds is 6. The fourth-order valence-electron chi connectivity index (χ4n) is 4.71. The number of hydrogen-bond donors (Lipinski definition) is 0. The molecule has 0 N–H and O–H groups in total. The van der Waals surface area contributed by atoms with E-state index in [-0.39, 0.29) is 6.04 Å². The minimum Gasteiger partial charge on any atom is -0.491 e. The summed E-state index contributed by atoms with van der Waals surface area (Å²) in [4.78, 5) is 1.80. The summed E-state index contributed by atoms with van der Waals surface area (Å²) in [6.45, 7) is 3.97. The Morgan fingerprint density at radius 2 is 1.94 bits per heavy atom. The average molecular weight is 486 g/mol. The molecule has 1 fully saturated rings. The van der Waals surface area contributed by atoms with Gasteiger partial charge in [-0.25, -0.2) is 4.52 Å². The number of piperidine rings is 1. The molecule has 0 aliphatic carbocycles. The van der Waals surface area contributed by atoms with Crippen molar-refractivity contribution in [3.63, 3.8) is 0 Å². The first-order valence-electron chi connectivity index (χ1n) is 11.6. The molecule has 0 radical (unpaired) electrons. The number of fused-ring (bicyclic) bond motifs is 1. The number of nitrogens with zero attached hydrogens (tertiary/aromatic N) is 7. The molecule has 4 heterocycles. The van der Waals surface area contributed by atoms with Crippen molar-refractivity contribution in [3.05, 3.63) is 70.8 Å². The lowest BCUT2D eigenvalue weighted by atomic mass is 10.0. The molecular weight excluding hydrogens is 462 g/mol. The van der Waals surface area contributed by atoms with Crippen molar-refractivity contribution in [1.29, 1.82) is 10.5 Å². The van der Waals surface area contributed by atoms with E-state index in [2.05, 4.69) is 29.0 Å². The predicted octanol–water partition coefficient (Wildman–Crippen LogP) is 4.77. The highest BCUT2D eigenvalue weighted by molar-refractivity contribution is 6.34. The van der Waals surface area contributed by atoms with E-state index in [1.807, 2.05) is 42.7 Å². The van der Waals surface area contributed by atoms with E-state index in [0.29, 0.717) is 34.9 Å². The quantitative estimate of drug-likeness (QED) is 0.365. The van der Waals surface area contributed by atoms with Gasteiger partial charge < -0.3 is 9.64 Å². The Labute approximate surface area is 208 Å². The zero-order valence-electron chi connectivity index (χ0n) is 19.4. The van der Waals surface area contributed by atoms with E-state index < -0.39 is 0 Å². The zero-order chi connectivity index (χ0) is 24.4. The van der Waals surface area contributed by atoms with Gasteiger partial charge in [0.05, 0.1) is 41.7 Å². The van der Waals surface area contributed by atoms with Crippen LogP contribution in [0.4, 0.5) is 0 Å². The number of hydrogen-bond acceptors (Lipinski definition) is 6. The normalized spacial score (nSPS) is 14.1. The Balaban J connectivity index is 1.42. The van der Waals surface area contributed by atoms with Gasteiger partial charge in [-0.3, -0.25) is 4.68 Å². The number of pyridine rings is 1. The molecule has 176 valence electrons. The Bertz CT molecular complexity index is 1450. The minimum atomic E-state index is 0.271. The van der Waals surface area contributed by atoms with Crippen LogP contribution in [0.1, 0.15) is 35.7 Å². The lowest BCUT2D eigenvalue weighted by molar-refractivity contribution is 0.239. The summed E-state index contributed by atoms with van der Waals surface area (Å²) < 4.78 is 10.0. The van der Waals surface area contributed by atoms with Crippen molar-refractivity contribution in [1.82, 2.24) is 24.3 Å². The first-order valence-corrected chi connectivity index (χ1v) is 11.9. The van der Waals surface area contributed by atoms with E-state index in [1.54, 1.807) is 15.6 Å². The molecule has 5 rings (SSSR count). The Hall–Kier alpha value is -4.01. The zero-order valence-corrected chi connectivity index (χ0v) is 20.1. The smallest absolute Gasteiger partial charge is 0.179 e. The van der Waals surface area contributed by atoms with Crippen LogP contribution in [0.3, 0.4) is 0 Å². The third kappa shape index (κ3) is 4.41. The maximum atomic E-state index is 9.35. The van der Waals surface area contributed by atoms with Gasteiger partial charge in [0, 0.05) is 42.5 Å². The third-order valence-electron chi connectivity index (χ3n) is 6.61. The van der Waals surface area contributed by atoms with Crippen LogP contribution < -0.4 is 4.74 Å². The van der Waals surface area contributed by atoms with Gasteiger partial charge in [0.2, 0.25) is 0 Å². The fraction of sp³-hybridized carbons (Fsp3) is 0.308. The van der Waals surface area contributed by atoms with Crippen LogP contribution in [0.25, 0.3) is 16.6 Å². The lowest BCUT2D eigenvalue weighted by Crippen LogP contribution is -2.31. The summed E-state index contributed by atoms with van der Waals surface area (Å²) in [6, 6.07) is 12.0. The summed E-state index contributed by atoms with van der Waals surface area (Å²) in [6.07, 6.45) is 10.0. The van der Waals surface area contributed by atoms with E-state index in [0.717, 1.165) is 48.3 Å². The van der Waals surface area contributed by atoms with Gasteiger partial charge in [0.1, 0.15) is 11.3 Å². The second kappa shape index (κ2) is 9.69. The molecule has 4 aromatic rings. The molecule has 0 atom stereocenters. The molecular formula is C26H24ClN7O. The van der Waals surface area contributed by atoms with Crippen LogP contribution in [0.15, 0.2) is 48.9 Å². The van der Waals surface area contributed by atoms with Gasteiger partial charge in [-0.15, -0.1) is 0 Å². The Morgan fingerprint density at radius 3 is 2.71 bits per heavy atom. The molecule has 0 spiro atoms. The van der Waals surface area contributed by atoms with Crippen molar-refractivity contribution in [2.45, 2.75) is 32.2 Å². The molecule has 1 saturated heterocycles. The van der Waals surface area contributed by atoms with Gasteiger partial charge in [-0.2, -0.15) is 20.7 Å². The largest absolute Gasteiger partial charge is 0.491 e. The number of aromatic nitrogens is 4. The molecule has 1 aromatic carbocycles. The van der Waals surface area contributed by atoms with Gasteiger partial charge >= 0.3 is 0 Å². The monoisotopic (exact) mass is 485 g/mol. The minimum absolute atomic E-state index is 0.271. The second-order valence-electron chi connectivity index (χ2n) is 8.65. The van der Waals surface area contributed by atoms with Crippen LogP contribution in [-0.2, 0) is 6.42 Å². The number of halogens is 1. The highest BCUT2D eigenvalue weighted by Gasteiger charge is 2.23. The molecule has 0 amide bonds. The van der Waals surface area contributed by atoms with Crippen LogP contribution in [0, 0.1) is 29.7 Å². The van der Waals surface area contributed by atoms with E-state index >= 15 is 0 Å². The molecule has 0 bridgehead atoms. The van der Waals surface area contributed by atoms with E-state index in [1.165, 1.54) is 0 Å². The van der Waals surface area contributed by atoms with E-state index in [4.69, 9.17) is 26.7 Å². The van der Waals surface area contributed by atoms with Gasteiger partial charge in [-0.1, -0.05) is 29.8 Å². The maximum Gasteiger partial charge on any atom is 0.179 e. The summed E-state index contributed by atoms with van der Waals surface area (Å²) in [5.41, 5.74) is 5.30. The first-order chi connectivity index (χ1) is 17.1. The standard InChI is InChI=1S/C26H24ClN7O/c1-18-23(14-31-34(18)22-6-9-32(17-29)10-7-22)21-12-25(26-24(27)15-30-33(26)16-21)35-11-8-19-4-2-3-5-20(19)13-28/h2-5,12,14-16,22H,6-11H2,1H3. The highest BCUT2D eigenvalue weighted by Crippen LogP contribution is 2.35. The van der Waals surface area contributed by atoms with Crippen molar-refractivity contribution in [2.24, 2.45) is 0 Å². The number of benzene rings is 1. The first kappa shape index (κ1) is 22.8. The van der Waals surface area contributed by atoms with Crippen LogP contribution >= 0.6 is 11.6 Å². The Kier molecular flexibility index (Phi) is 6.31. The van der Waals surface area contributed by atoms with Crippen molar-refractivity contribution in [3.8, 4) is 29.1 Å². The van der Waals surface area contributed by atoms with Crippen LogP contribution in [0.2, 0.25) is 5.02 Å². The average Bonchev–Trinajstić information content (AvgIpc) is 3.46. The molecule has 3 aromatic heterocycles. The molecule has 35 heavy (non-hydrogen) atoms. The van der Waals surface area contributed by atoms with E-state index in [9.17, 15) is 5.26 Å². The Morgan fingerprint density at radius 1 is 1.14 bits per heavy atom. The topological polar surface area (TPSA) is 95.2 Å². The molecule has 1 aliphatic heterocycles. The lowest BCUT2D eigenvalue weighted by Gasteiger charge is -2.29. The third-order valence-corrected chi connectivity index (χ3v) is 6.88. The summed E-state index contributed by atoms with van der Waals surface area (Å²) in [7, 11) is 0. The van der Waals surface area contributed by atoms with Gasteiger partial charge in [0.15, 0.2) is 6.19 Å². The summed E-state index contributed by atoms with van der Waals surface area (Å²) in [5, 5.41) is 28.1. The summed E-state index contributed by atoms with van der Waals surface area (Å²) in [5.74, 6) is 0.633. The van der Waals surface area contributed by atoms with Crippen molar-refractivity contribution >= 4 is 17.1 Å². The highest BCUT2D eigenvalue weighted by atomic mass is 35.5. The maximum absolute atomic E-state index is 9.35. The van der Waals surface area contributed by atoms with Gasteiger partial charge in [0.25, 0.3) is 0 Å². The van der Waals surface area contributed by atoms with Gasteiger partial charge in [-0.05, 0) is 37.5 Å². The number of ether oxygens (including phenoxy) is 1. The second-order valence-corrected chi connectivity index (χ2v) is 9.06. The molecule has 8 nitrogen and oxygen atoms in total. The molecule has 0 saturated carbocycles. The van der Waals surface area contributed by atoms with Crippen LogP contribution in [-0.4, -0.2) is 44.0 Å². The number of likely N-dealkylation sites (tertiary alicyclic amines) is 1. The fourth-order valence-corrected chi connectivity index (χ4v) is 4.93. The SMILES string of the molecule is Cc1c(-c2cc(OCCc3ccccc3C#N)c3c(Cl)cnn3c2)cnn1C1CCN(C#N)CC1. The molecule has 0 unspecified atom stereocenters. The van der Waals surface area contributed by atoms with Crippen LogP contribution in [0.5, 0.6) is 5.75 Å². The van der Waals surface area contributed by atoms with Crippen molar-refractivity contribution in [2.75, 3.05) is 19.7 Å².